The Morgan fingerprint density at radius 1 is 1.44 bits per heavy atom. The van der Waals surface area contributed by atoms with Crippen molar-refractivity contribution >= 4 is 27.5 Å². The van der Waals surface area contributed by atoms with E-state index in [1.807, 2.05) is 18.2 Å². The van der Waals surface area contributed by atoms with Crippen molar-refractivity contribution < 1.29 is 4.79 Å². The van der Waals surface area contributed by atoms with Crippen molar-refractivity contribution in [1.82, 2.24) is 5.32 Å². The van der Waals surface area contributed by atoms with Crippen molar-refractivity contribution in [2.45, 2.75) is 12.8 Å². The van der Waals surface area contributed by atoms with E-state index < -0.39 is 0 Å². The minimum atomic E-state index is 0.145. The van der Waals surface area contributed by atoms with E-state index in [1.54, 1.807) is 0 Å². The molecule has 1 fully saturated rings. The molecule has 4 nitrogen and oxygen atoms in total. The van der Waals surface area contributed by atoms with E-state index in [4.69, 9.17) is 5.26 Å². The molecule has 1 aromatic carbocycles. The zero-order chi connectivity index (χ0) is 13.0. The topological polar surface area (TPSA) is 64.9 Å². The average Bonchev–Trinajstić information content (AvgIpc) is 3.18. The van der Waals surface area contributed by atoms with Gasteiger partial charge in [-0.2, -0.15) is 5.26 Å². The second-order valence-corrected chi connectivity index (χ2v) is 5.12. The molecule has 18 heavy (non-hydrogen) atoms. The largest absolute Gasteiger partial charge is 0.382 e. The number of hydrogen-bond donors (Lipinski definition) is 2. The first-order valence-electron chi connectivity index (χ1n) is 5.92. The van der Waals surface area contributed by atoms with Gasteiger partial charge in [0.25, 0.3) is 0 Å². The highest BCUT2D eigenvalue weighted by Crippen LogP contribution is 2.28. The zero-order valence-electron chi connectivity index (χ0n) is 9.87. The Morgan fingerprint density at radius 3 is 2.89 bits per heavy atom. The molecular weight excluding hydrogens is 294 g/mol. The van der Waals surface area contributed by atoms with Crippen LogP contribution < -0.4 is 10.6 Å². The minimum absolute atomic E-state index is 0.145. The van der Waals surface area contributed by atoms with E-state index in [-0.39, 0.29) is 11.8 Å². The number of carbonyl (C=O) groups is 1. The number of nitrogens with zero attached hydrogens (tertiary/aromatic N) is 1. The van der Waals surface area contributed by atoms with Gasteiger partial charge in [0.2, 0.25) is 5.91 Å². The lowest BCUT2D eigenvalue weighted by molar-refractivity contribution is -0.122. The summed E-state index contributed by atoms with van der Waals surface area (Å²) in [6.07, 6.45) is 2.03. The van der Waals surface area contributed by atoms with Gasteiger partial charge in [-0.25, -0.2) is 0 Å². The van der Waals surface area contributed by atoms with E-state index >= 15 is 0 Å². The normalized spacial score (nSPS) is 13.8. The number of nitrogens with one attached hydrogen (secondary N) is 2. The molecule has 1 aromatic rings. The number of hydrogen-bond acceptors (Lipinski definition) is 3. The molecule has 0 aliphatic heterocycles. The lowest BCUT2D eigenvalue weighted by atomic mass is 10.2. The van der Waals surface area contributed by atoms with Crippen LogP contribution in [0.15, 0.2) is 22.7 Å². The number of benzene rings is 1. The fourth-order valence-electron chi connectivity index (χ4n) is 1.66. The van der Waals surface area contributed by atoms with Crippen LogP contribution in [0.5, 0.6) is 0 Å². The smallest absolute Gasteiger partial charge is 0.223 e. The van der Waals surface area contributed by atoms with Crippen LogP contribution in [0.4, 0.5) is 5.69 Å². The van der Waals surface area contributed by atoms with Gasteiger partial charge in [0.05, 0.1) is 11.3 Å². The number of nitriles is 1. The van der Waals surface area contributed by atoms with Crippen LogP contribution in [0.3, 0.4) is 0 Å². The Morgan fingerprint density at radius 2 is 2.22 bits per heavy atom. The lowest BCUT2D eigenvalue weighted by Gasteiger charge is -2.09. The Hall–Kier alpha value is -1.54. The van der Waals surface area contributed by atoms with Crippen LogP contribution in [0.2, 0.25) is 0 Å². The monoisotopic (exact) mass is 307 g/mol. The summed E-state index contributed by atoms with van der Waals surface area (Å²) in [5.74, 6) is 0.386. The van der Waals surface area contributed by atoms with E-state index in [2.05, 4.69) is 32.6 Å². The third-order valence-electron chi connectivity index (χ3n) is 2.81. The Kier molecular flexibility index (Phi) is 4.21. The van der Waals surface area contributed by atoms with Crippen molar-refractivity contribution in [3.8, 4) is 6.07 Å². The molecule has 0 atom stereocenters. The molecule has 0 radical (unpaired) electrons. The highest BCUT2D eigenvalue weighted by atomic mass is 79.9. The Balaban J connectivity index is 1.81. The molecule has 0 unspecified atom stereocenters. The molecule has 0 saturated heterocycles. The molecule has 2 N–H and O–H groups in total. The zero-order valence-corrected chi connectivity index (χ0v) is 11.5. The quantitative estimate of drug-likeness (QED) is 0.820. The molecule has 0 spiro atoms. The van der Waals surface area contributed by atoms with E-state index in [0.29, 0.717) is 18.7 Å². The van der Waals surface area contributed by atoms with Gasteiger partial charge >= 0.3 is 0 Å². The van der Waals surface area contributed by atoms with Gasteiger partial charge in [-0.15, -0.1) is 0 Å². The van der Waals surface area contributed by atoms with Crippen molar-refractivity contribution in [2.24, 2.45) is 5.92 Å². The molecule has 94 valence electrons. The van der Waals surface area contributed by atoms with Crippen LogP contribution in [0, 0.1) is 17.2 Å². The number of anilines is 1. The summed E-state index contributed by atoms with van der Waals surface area (Å²) >= 11 is 3.33. The summed E-state index contributed by atoms with van der Waals surface area (Å²) in [7, 11) is 0. The van der Waals surface area contributed by atoms with Crippen LogP contribution in [-0.2, 0) is 4.79 Å². The van der Waals surface area contributed by atoms with Crippen molar-refractivity contribution in [2.75, 3.05) is 18.4 Å². The summed E-state index contributed by atoms with van der Waals surface area (Å²) in [6, 6.07) is 7.70. The van der Waals surface area contributed by atoms with Gasteiger partial charge in [-0.1, -0.05) is 6.07 Å². The molecule has 0 aromatic heterocycles. The summed E-state index contributed by atoms with van der Waals surface area (Å²) in [5, 5.41) is 15.1. The summed E-state index contributed by atoms with van der Waals surface area (Å²) in [6.45, 7) is 1.19. The first-order chi connectivity index (χ1) is 8.72. The number of rotatable bonds is 5. The first-order valence-corrected chi connectivity index (χ1v) is 6.72. The maximum atomic E-state index is 11.4. The standard InChI is InChI=1S/C13H14BrN3O/c14-11-2-1-3-12(10(11)8-15)16-6-7-17-13(18)9-4-5-9/h1-3,9,16H,4-7H2,(H,17,18). The summed E-state index contributed by atoms with van der Waals surface area (Å²) in [5.41, 5.74) is 1.37. The molecule has 1 amide bonds. The minimum Gasteiger partial charge on any atom is -0.382 e. The fourth-order valence-corrected chi connectivity index (χ4v) is 2.11. The lowest BCUT2D eigenvalue weighted by Crippen LogP contribution is -2.29. The van der Waals surface area contributed by atoms with Gasteiger partial charge in [0, 0.05) is 23.5 Å². The van der Waals surface area contributed by atoms with Gasteiger partial charge < -0.3 is 10.6 Å². The van der Waals surface area contributed by atoms with Crippen LogP contribution >= 0.6 is 15.9 Å². The van der Waals surface area contributed by atoms with Crippen LogP contribution in [0.25, 0.3) is 0 Å². The fraction of sp³-hybridized carbons (Fsp3) is 0.385. The van der Waals surface area contributed by atoms with Gasteiger partial charge in [-0.05, 0) is 40.9 Å². The van der Waals surface area contributed by atoms with E-state index in [1.165, 1.54) is 0 Å². The van der Waals surface area contributed by atoms with Crippen molar-refractivity contribution in [3.63, 3.8) is 0 Å². The number of carbonyl (C=O) groups excluding carboxylic acids is 1. The maximum Gasteiger partial charge on any atom is 0.223 e. The summed E-state index contributed by atoms with van der Waals surface area (Å²) in [4.78, 5) is 11.4. The van der Waals surface area contributed by atoms with Gasteiger partial charge in [0.1, 0.15) is 6.07 Å². The molecule has 5 heteroatoms. The van der Waals surface area contributed by atoms with Gasteiger partial charge in [-0.3, -0.25) is 4.79 Å². The highest BCUT2D eigenvalue weighted by Gasteiger charge is 2.28. The van der Waals surface area contributed by atoms with Gasteiger partial charge in [0.15, 0.2) is 0 Å². The maximum absolute atomic E-state index is 11.4. The molecule has 1 saturated carbocycles. The summed E-state index contributed by atoms with van der Waals surface area (Å²) < 4.78 is 0.775. The molecule has 1 aliphatic rings. The van der Waals surface area contributed by atoms with Crippen molar-refractivity contribution in [3.05, 3.63) is 28.2 Å². The Labute approximate surface area is 115 Å². The second-order valence-electron chi connectivity index (χ2n) is 4.27. The van der Waals surface area contributed by atoms with Crippen LogP contribution in [-0.4, -0.2) is 19.0 Å². The first kappa shape index (κ1) is 12.9. The second kappa shape index (κ2) is 5.87. The van der Waals surface area contributed by atoms with Crippen LogP contribution in [0.1, 0.15) is 18.4 Å². The molecule has 2 rings (SSSR count). The predicted molar refractivity (Wildman–Crippen MR) is 73.1 cm³/mol. The predicted octanol–water partition coefficient (Wildman–Crippen LogP) is 2.26. The van der Waals surface area contributed by atoms with E-state index in [9.17, 15) is 4.79 Å². The third kappa shape index (κ3) is 3.23. The molecular formula is C13H14BrN3O. The van der Waals surface area contributed by atoms with Crippen molar-refractivity contribution in [1.29, 1.82) is 5.26 Å². The molecule has 0 heterocycles. The van der Waals surface area contributed by atoms with E-state index in [0.717, 1.165) is 23.0 Å². The number of amides is 1. The molecule has 1 aliphatic carbocycles. The molecule has 0 bridgehead atoms. The number of halogens is 1. The SMILES string of the molecule is N#Cc1c(Br)cccc1NCCNC(=O)C1CC1. The third-order valence-corrected chi connectivity index (χ3v) is 3.47. The average molecular weight is 308 g/mol. The highest BCUT2D eigenvalue weighted by molar-refractivity contribution is 9.10. The Bertz CT molecular complexity index is 491.